The van der Waals surface area contributed by atoms with Gasteiger partial charge in [0.15, 0.2) is 0 Å². The van der Waals surface area contributed by atoms with E-state index in [1.807, 2.05) is 30.5 Å². The maximum absolute atomic E-state index is 12.5. The Kier molecular flexibility index (Phi) is 5.68. The van der Waals surface area contributed by atoms with Crippen LogP contribution in [0.15, 0.2) is 62.3 Å². The van der Waals surface area contributed by atoms with Crippen LogP contribution in [0.3, 0.4) is 0 Å². The quantitative estimate of drug-likeness (QED) is 0.556. The van der Waals surface area contributed by atoms with Crippen LogP contribution in [0.5, 0.6) is 0 Å². The lowest BCUT2D eigenvalue weighted by atomic mass is 10.1. The van der Waals surface area contributed by atoms with Gasteiger partial charge in [-0.15, -0.1) is 16.9 Å². The molecule has 0 unspecified atom stereocenters. The van der Waals surface area contributed by atoms with Gasteiger partial charge in [0.25, 0.3) is 5.91 Å². The lowest BCUT2D eigenvalue weighted by molar-refractivity contribution is -0.117. The summed E-state index contributed by atoms with van der Waals surface area (Å²) in [5, 5.41) is 10.5. The number of thioether (sulfide) groups is 1. The standard InChI is InChI=1S/C20H17BrN4O3S/c1-29-16-8-6-15(7-9-16)25-11-13(10-17(25)26)19-23-24-20(28-19)22-18(27)12-2-4-14(21)5-3-12/h2-9,13H,10-11H2,1H3,(H,22,24,27)/t13-/m1/s1. The minimum atomic E-state index is -0.342. The number of halogens is 1. The van der Waals surface area contributed by atoms with Gasteiger partial charge in [0.1, 0.15) is 0 Å². The van der Waals surface area contributed by atoms with Gasteiger partial charge in [-0.25, -0.2) is 0 Å². The topological polar surface area (TPSA) is 88.3 Å². The molecule has 0 radical (unpaired) electrons. The molecule has 1 saturated heterocycles. The highest BCUT2D eigenvalue weighted by molar-refractivity contribution is 9.10. The summed E-state index contributed by atoms with van der Waals surface area (Å²) in [6.07, 6.45) is 2.29. The monoisotopic (exact) mass is 472 g/mol. The van der Waals surface area contributed by atoms with Crippen LogP contribution in [0.1, 0.15) is 28.6 Å². The molecule has 1 N–H and O–H groups in total. The molecule has 0 bridgehead atoms. The Labute approximate surface area is 180 Å². The second-order valence-electron chi connectivity index (χ2n) is 6.51. The van der Waals surface area contributed by atoms with Gasteiger partial charge in [0, 0.05) is 33.6 Å². The lowest BCUT2D eigenvalue weighted by Crippen LogP contribution is -2.24. The molecular weight excluding hydrogens is 456 g/mol. The lowest BCUT2D eigenvalue weighted by Gasteiger charge is -2.16. The van der Waals surface area contributed by atoms with Crippen LogP contribution in [0, 0.1) is 0 Å². The van der Waals surface area contributed by atoms with Crippen molar-refractivity contribution in [2.75, 3.05) is 23.0 Å². The third-order valence-corrected chi connectivity index (χ3v) is 5.90. The highest BCUT2D eigenvalue weighted by Gasteiger charge is 2.35. The first kappa shape index (κ1) is 19.7. The van der Waals surface area contributed by atoms with Gasteiger partial charge < -0.3 is 9.32 Å². The number of amides is 2. The fraction of sp³-hybridized carbons (Fsp3) is 0.200. The molecule has 148 valence electrons. The van der Waals surface area contributed by atoms with E-state index in [0.29, 0.717) is 18.0 Å². The number of benzene rings is 2. The van der Waals surface area contributed by atoms with Gasteiger partial charge in [-0.1, -0.05) is 21.0 Å². The van der Waals surface area contributed by atoms with E-state index < -0.39 is 0 Å². The highest BCUT2D eigenvalue weighted by Crippen LogP contribution is 2.32. The first-order valence-corrected chi connectivity index (χ1v) is 10.9. The van der Waals surface area contributed by atoms with Crippen LogP contribution in [0.2, 0.25) is 0 Å². The first-order valence-electron chi connectivity index (χ1n) is 8.88. The Morgan fingerprint density at radius 2 is 1.90 bits per heavy atom. The van der Waals surface area contributed by atoms with Gasteiger partial charge in [0.05, 0.1) is 5.92 Å². The number of carbonyl (C=O) groups is 2. The molecule has 29 heavy (non-hydrogen) atoms. The van der Waals surface area contributed by atoms with Crippen LogP contribution in [-0.2, 0) is 4.79 Å². The van der Waals surface area contributed by atoms with Crippen LogP contribution >= 0.6 is 27.7 Å². The zero-order valence-electron chi connectivity index (χ0n) is 15.5. The molecule has 2 heterocycles. The number of carbonyl (C=O) groups excluding carboxylic acids is 2. The number of rotatable bonds is 5. The second kappa shape index (κ2) is 8.38. The Morgan fingerprint density at radius 3 is 2.59 bits per heavy atom. The summed E-state index contributed by atoms with van der Waals surface area (Å²) in [4.78, 5) is 27.6. The minimum absolute atomic E-state index is 0.00514. The molecule has 2 amide bonds. The third-order valence-electron chi connectivity index (χ3n) is 4.63. The Balaban J connectivity index is 1.43. The van der Waals surface area contributed by atoms with Crippen molar-refractivity contribution >= 4 is 51.2 Å². The molecule has 7 nitrogen and oxygen atoms in total. The van der Waals surface area contributed by atoms with Crippen molar-refractivity contribution < 1.29 is 14.0 Å². The molecule has 9 heteroatoms. The van der Waals surface area contributed by atoms with Crippen molar-refractivity contribution in [1.29, 1.82) is 0 Å². The molecular formula is C20H17BrN4O3S. The number of anilines is 2. The molecule has 2 aromatic carbocycles. The molecule has 1 aliphatic heterocycles. The molecule has 1 aromatic heterocycles. The Bertz CT molecular complexity index is 1040. The van der Waals surface area contributed by atoms with Crippen molar-refractivity contribution in [2.45, 2.75) is 17.2 Å². The summed E-state index contributed by atoms with van der Waals surface area (Å²) >= 11 is 4.98. The van der Waals surface area contributed by atoms with Gasteiger partial charge in [-0.05, 0) is 54.8 Å². The predicted octanol–water partition coefficient (Wildman–Crippen LogP) is 4.33. The van der Waals surface area contributed by atoms with Crippen LogP contribution in [0.4, 0.5) is 11.7 Å². The molecule has 1 atom stereocenters. The van der Waals surface area contributed by atoms with E-state index in [-0.39, 0.29) is 30.2 Å². The molecule has 0 aliphatic carbocycles. The smallest absolute Gasteiger partial charge is 0.322 e. The Morgan fingerprint density at radius 1 is 1.17 bits per heavy atom. The summed E-state index contributed by atoms with van der Waals surface area (Å²) in [7, 11) is 0. The maximum atomic E-state index is 12.5. The van der Waals surface area contributed by atoms with Crippen molar-refractivity contribution in [1.82, 2.24) is 10.2 Å². The molecule has 4 rings (SSSR count). The Hall–Kier alpha value is -2.65. The average molecular weight is 473 g/mol. The van der Waals surface area contributed by atoms with E-state index in [1.165, 1.54) is 0 Å². The maximum Gasteiger partial charge on any atom is 0.322 e. The zero-order valence-corrected chi connectivity index (χ0v) is 17.9. The molecule has 0 spiro atoms. The van der Waals surface area contributed by atoms with E-state index >= 15 is 0 Å². The summed E-state index contributed by atoms with van der Waals surface area (Å²) in [6, 6.07) is 14.8. The van der Waals surface area contributed by atoms with Crippen LogP contribution in [-0.4, -0.2) is 34.8 Å². The number of nitrogens with zero attached hydrogens (tertiary/aromatic N) is 3. The van der Waals surface area contributed by atoms with Crippen molar-refractivity contribution in [2.24, 2.45) is 0 Å². The normalized spacial score (nSPS) is 16.3. The minimum Gasteiger partial charge on any atom is -0.407 e. The SMILES string of the molecule is CSc1ccc(N2C[C@H](c3nnc(NC(=O)c4ccc(Br)cc4)o3)CC2=O)cc1. The van der Waals surface area contributed by atoms with Crippen molar-refractivity contribution in [3.05, 3.63) is 64.5 Å². The fourth-order valence-electron chi connectivity index (χ4n) is 3.11. The number of hydrogen-bond donors (Lipinski definition) is 1. The molecule has 3 aromatic rings. The molecule has 1 fully saturated rings. The predicted molar refractivity (Wildman–Crippen MR) is 114 cm³/mol. The first-order chi connectivity index (χ1) is 14.0. The van der Waals surface area contributed by atoms with E-state index in [2.05, 4.69) is 31.4 Å². The van der Waals surface area contributed by atoms with Crippen LogP contribution < -0.4 is 10.2 Å². The molecule has 0 saturated carbocycles. The largest absolute Gasteiger partial charge is 0.407 e. The van der Waals surface area contributed by atoms with Crippen LogP contribution in [0.25, 0.3) is 0 Å². The van der Waals surface area contributed by atoms with Gasteiger partial charge in [0.2, 0.25) is 11.8 Å². The van der Waals surface area contributed by atoms with Gasteiger partial charge in [-0.2, -0.15) is 0 Å². The third kappa shape index (κ3) is 4.35. The summed E-state index contributed by atoms with van der Waals surface area (Å²) in [5.74, 6) is -0.211. The van der Waals surface area contributed by atoms with E-state index in [0.717, 1.165) is 15.1 Å². The number of hydrogen-bond acceptors (Lipinski definition) is 6. The summed E-state index contributed by atoms with van der Waals surface area (Å²) in [5.41, 5.74) is 1.32. The van der Waals surface area contributed by atoms with E-state index in [4.69, 9.17) is 4.42 Å². The highest BCUT2D eigenvalue weighted by atomic mass is 79.9. The average Bonchev–Trinajstić information content (AvgIpc) is 3.35. The van der Waals surface area contributed by atoms with Crippen molar-refractivity contribution in [3.63, 3.8) is 0 Å². The van der Waals surface area contributed by atoms with E-state index in [9.17, 15) is 9.59 Å². The van der Waals surface area contributed by atoms with E-state index in [1.54, 1.807) is 40.9 Å². The zero-order chi connectivity index (χ0) is 20.4. The fourth-order valence-corrected chi connectivity index (χ4v) is 3.78. The number of nitrogens with one attached hydrogen (secondary N) is 1. The second-order valence-corrected chi connectivity index (χ2v) is 8.31. The molecule has 1 aliphatic rings. The van der Waals surface area contributed by atoms with Crippen molar-refractivity contribution in [3.8, 4) is 0 Å². The summed E-state index contributed by atoms with van der Waals surface area (Å²) in [6.45, 7) is 0.458. The van der Waals surface area contributed by atoms with Gasteiger partial charge in [-0.3, -0.25) is 14.9 Å². The van der Waals surface area contributed by atoms with Gasteiger partial charge >= 0.3 is 6.01 Å². The summed E-state index contributed by atoms with van der Waals surface area (Å²) < 4.78 is 6.49. The number of aromatic nitrogens is 2.